The molecule has 0 saturated carbocycles. The number of ether oxygens (including phenoxy) is 1. The van der Waals surface area contributed by atoms with Crippen LogP contribution in [0.2, 0.25) is 0 Å². The molecular weight excluding hydrogens is 356 g/mol. The van der Waals surface area contributed by atoms with Crippen LogP contribution in [-0.4, -0.2) is 35.3 Å². The van der Waals surface area contributed by atoms with E-state index in [0.29, 0.717) is 12.2 Å². The van der Waals surface area contributed by atoms with Crippen molar-refractivity contribution in [3.63, 3.8) is 0 Å². The van der Waals surface area contributed by atoms with Crippen molar-refractivity contribution in [2.24, 2.45) is 0 Å². The Labute approximate surface area is 155 Å². The van der Waals surface area contributed by atoms with E-state index in [9.17, 15) is 9.90 Å². The maximum absolute atomic E-state index is 11.0. The average Bonchev–Trinajstić information content (AvgIpc) is 2.66. The third kappa shape index (κ3) is 3.38. The van der Waals surface area contributed by atoms with Crippen LogP contribution in [0.5, 0.6) is 5.75 Å². The summed E-state index contributed by atoms with van der Waals surface area (Å²) in [5, 5.41) is 19.7. The molecule has 3 rings (SSSR count). The summed E-state index contributed by atoms with van der Waals surface area (Å²) in [5.41, 5.74) is 2.75. The van der Waals surface area contributed by atoms with E-state index in [2.05, 4.69) is 12.5 Å². The number of carbonyl (C=O) groups is 1. The highest BCUT2D eigenvalue weighted by Crippen LogP contribution is 2.53. The summed E-state index contributed by atoms with van der Waals surface area (Å²) >= 11 is 3.59. The Morgan fingerprint density at radius 1 is 1.12 bits per heavy atom. The summed E-state index contributed by atoms with van der Waals surface area (Å²) in [6.07, 6.45) is 4.30. The molecule has 1 aliphatic heterocycles. The van der Waals surface area contributed by atoms with Crippen LogP contribution in [0.3, 0.4) is 0 Å². The molecule has 1 heterocycles. The minimum absolute atomic E-state index is 0.0729. The Morgan fingerprint density at radius 3 is 2.36 bits per heavy atom. The van der Waals surface area contributed by atoms with Gasteiger partial charge in [0.15, 0.2) is 0 Å². The SMILES string of the molecule is CSC1(SC)CCOc2ccc(C(O)c3ccc(C(=O)O)cc3)cc21. The molecule has 0 aromatic heterocycles. The number of carboxylic acid groups (broad SMARTS) is 1. The second-order valence-electron chi connectivity index (χ2n) is 5.84. The van der Waals surface area contributed by atoms with Crippen molar-refractivity contribution in [3.8, 4) is 5.75 Å². The van der Waals surface area contributed by atoms with E-state index in [-0.39, 0.29) is 9.64 Å². The molecule has 0 amide bonds. The molecule has 1 aliphatic rings. The van der Waals surface area contributed by atoms with Gasteiger partial charge >= 0.3 is 5.97 Å². The van der Waals surface area contributed by atoms with Crippen LogP contribution in [0.1, 0.15) is 39.6 Å². The van der Waals surface area contributed by atoms with Crippen LogP contribution in [0.4, 0.5) is 0 Å². The monoisotopic (exact) mass is 376 g/mol. The van der Waals surface area contributed by atoms with Crippen molar-refractivity contribution in [2.45, 2.75) is 16.6 Å². The number of hydrogen-bond acceptors (Lipinski definition) is 5. The summed E-state index contributed by atoms with van der Waals surface area (Å²) in [5.74, 6) is -0.108. The Morgan fingerprint density at radius 2 is 1.76 bits per heavy atom. The first-order valence-corrected chi connectivity index (χ1v) is 10.3. The van der Waals surface area contributed by atoms with E-state index in [1.807, 2.05) is 18.2 Å². The molecule has 2 N–H and O–H groups in total. The minimum atomic E-state index is -0.975. The van der Waals surface area contributed by atoms with Crippen molar-refractivity contribution in [2.75, 3.05) is 19.1 Å². The summed E-state index contributed by atoms with van der Waals surface area (Å²) < 4.78 is 5.72. The molecule has 0 bridgehead atoms. The van der Waals surface area contributed by atoms with E-state index < -0.39 is 12.1 Å². The molecular formula is C19H20O4S2. The summed E-state index contributed by atoms with van der Waals surface area (Å²) in [7, 11) is 0. The van der Waals surface area contributed by atoms with E-state index in [0.717, 1.165) is 23.3 Å². The lowest BCUT2D eigenvalue weighted by Crippen LogP contribution is -2.26. The third-order valence-corrected chi connectivity index (χ3v) is 7.72. The zero-order valence-corrected chi connectivity index (χ0v) is 15.7. The lowest BCUT2D eigenvalue weighted by molar-refractivity contribution is 0.0696. The number of rotatable bonds is 5. The Kier molecular flexibility index (Phi) is 5.32. The maximum Gasteiger partial charge on any atom is 0.335 e. The topological polar surface area (TPSA) is 66.8 Å². The molecule has 25 heavy (non-hydrogen) atoms. The number of aromatic carboxylic acids is 1. The Balaban J connectivity index is 1.97. The third-order valence-electron chi connectivity index (χ3n) is 4.55. The summed E-state index contributed by atoms with van der Waals surface area (Å²) in [6.45, 7) is 0.688. The molecule has 0 spiro atoms. The molecule has 0 saturated heterocycles. The fourth-order valence-corrected chi connectivity index (χ4v) is 5.08. The van der Waals surface area contributed by atoms with Crippen LogP contribution in [0.15, 0.2) is 42.5 Å². The van der Waals surface area contributed by atoms with Crippen LogP contribution in [0, 0.1) is 0 Å². The first-order chi connectivity index (χ1) is 12.0. The van der Waals surface area contributed by atoms with Gasteiger partial charge < -0.3 is 14.9 Å². The molecule has 0 fully saturated rings. The van der Waals surface area contributed by atoms with Gasteiger partial charge in [0.1, 0.15) is 11.9 Å². The number of thioether (sulfide) groups is 2. The fourth-order valence-electron chi connectivity index (χ4n) is 3.08. The number of carboxylic acids is 1. The molecule has 6 heteroatoms. The quantitative estimate of drug-likeness (QED) is 0.765. The zero-order chi connectivity index (χ0) is 18.0. The fraction of sp³-hybridized carbons (Fsp3) is 0.316. The van der Waals surface area contributed by atoms with E-state index in [4.69, 9.17) is 9.84 Å². The van der Waals surface area contributed by atoms with Crippen molar-refractivity contribution in [3.05, 3.63) is 64.7 Å². The number of aliphatic hydroxyl groups excluding tert-OH is 1. The minimum Gasteiger partial charge on any atom is -0.493 e. The highest BCUT2D eigenvalue weighted by atomic mass is 32.2. The van der Waals surface area contributed by atoms with Crippen LogP contribution >= 0.6 is 23.5 Å². The molecule has 1 atom stereocenters. The van der Waals surface area contributed by atoms with Gasteiger partial charge in [0.25, 0.3) is 0 Å². The lowest BCUT2D eigenvalue weighted by Gasteiger charge is -2.36. The van der Waals surface area contributed by atoms with Gasteiger partial charge in [-0.3, -0.25) is 0 Å². The number of hydrogen-bond donors (Lipinski definition) is 2. The smallest absolute Gasteiger partial charge is 0.335 e. The van der Waals surface area contributed by atoms with Crippen LogP contribution < -0.4 is 4.74 Å². The van der Waals surface area contributed by atoms with Crippen molar-refractivity contribution < 1.29 is 19.7 Å². The van der Waals surface area contributed by atoms with Crippen molar-refractivity contribution in [1.29, 1.82) is 0 Å². The van der Waals surface area contributed by atoms with Gasteiger partial charge in [-0.15, -0.1) is 23.5 Å². The molecule has 132 valence electrons. The molecule has 4 nitrogen and oxygen atoms in total. The average molecular weight is 376 g/mol. The van der Waals surface area contributed by atoms with Crippen molar-refractivity contribution in [1.82, 2.24) is 0 Å². The molecule has 2 aromatic rings. The first-order valence-electron chi connectivity index (χ1n) is 7.89. The number of aliphatic hydroxyl groups is 1. The van der Waals surface area contributed by atoms with E-state index in [1.165, 1.54) is 12.1 Å². The number of fused-ring (bicyclic) bond motifs is 1. The van der Waals surface area contributed by atoms with Gasteiger partial charge in [-0.05, 0) is 47.9 Å². The van der Waals surface area contributed by atoms with Gasteiger partial charge in [-0.1, -0.05) is 18.2 Å². The Bertz CT molecular complexity index is 769. The predicted octanol–water partition coefficient (Wildman–Crippen LogP) is 4.13. The normalized spacial score (nSPS) is 16.6. The standard InChI is InChI=1S/C19H20O4S2/c1-24-19(25-2)9-10-23-16-8-7-14(11-15(16)19)17(20)12-3-5-13(6-4-12)18(21)22/h3-8,11,17,20H,9-10H2,1-2H3,(H,21,22). The Hall–Kier alpha value is -1.63. The molecule has 2 aromatic carbocycles. The maximum atomic E-state index is 11.0. The van der Waals surface area contributed by atoms with Gasteiger partial charge in [0, 0.05) is 12.0 Å². The van der Waals surface area contributed by atoms with Gasteiger partial charge in [-0.25, -0.2) is 4.79 Å². The van der Waals surface area contributed by atoms with Gasteiger partial charge in [-0.2, -0.15) is 0 Å². The van der Waals surface area contributed by atoms with Gasteiger partial charge in [0.05, 0.1) is 16.2 Å². The van der Waals surface area contributed by atoms with Crippen LogP contribution in [0.25, 0.3) is 0 Å². The predicted molar refractivity (Wildman–Crippen MR) is 103 cm³/mol. The molecule has 0 radical (unpaired) electrons. The van der Waals surface area contributed by atoms with Gasteiger partial charge in [0.2, 0.25) is 0 Å². The second kappa shape index (κ2) is 7.32. The van der Waals surface area contributed by atoms with E-state index in [1.54, 1.807) is 35.7 Å². The highest BCUT2D eigenvalue weighted by molar-refractivity contribution is 8.16. The highest BCUT2D eigenvalue weighted by Gasteiger charge is 2.37. The van der Waals surface area contributed by atoms with Crippen LogP contribution in [-0.2, 0) is 4.08 Å². The zero-order valence-electron chi connectivity index (χ0n) is 14.1. The molecule has 0 aliphatic carbocycles. The summed E-state index contributed by atoms with van der Waals surface area (Å²) in [6, 6.07) is 12.1. The number of benzene rings is 2. The molecule has 1 unspecified atom stereocenters. The second-order valence-corrected chi connectivity index (χ2v) is 8.31. The van der Waals surface area contributed by atoms with Crippen molar-refractivity contribution >= 4 is 29.5 Å². The van der Waals surface area contributed by atoms with E-state index >= 15 is 0 Å². The lowest BCUT2D eigenvalue weighted by atomic mass is 9.96. The first kappa shape index (κ1) is 18.2. The largest absolute Gasteiger partial charge is 0.493 e. The summed E-state index contributed by atoms with van der Waals surface area (Å²) in [4.78, 5) is 11.0.